The molecule has 6 nitrogen and oxygen atoms in total. The van der Waals surface area contributed by atoms with Crippen molar-refractivity contribution in [3.05, 3.63) is 60.3 Å². The molecule has 0 aliphatic carbocycles. The lowest BCUT2D eigenvalue weighted by molar-refractivity contribution is 0.0697. The number of hydrogen-bond donors (Lipinski definition) is 1. The molecule has 0 saturated carbocycles. The number of carboxylic acid groups (broad SMARTS) is 1. The van der Waals surface area contributed by atoms with E-state index in [4.69, 9.17) is 14.6 Å². The van der Waals surface area contributed by atoms with Gasteiger partial charge < -0.3 is 14.6 Å². The molecule has 1 N–H and O–H groups in total. The van der Waals surface area contributed by atoms with E-state index < -0.39 is 5.97 Å². The molecule has 0 amide bonds. The molecule has 3 rings (SSSR count). The smallest absolute Gasteiger partial charge is 0.335 e. The summed E-state index contributed by atoms with van der Waals surface area (Å²) >= 11 is 0. The summed E-state index contributed by atoms with van der Waals surface area (Å²) in [5, 5.41) is 9.13. The van der Waals surface area contributed by atoms with Gasteiger partial charge in [0, 0.05) is 17.3 Å². The van der Waals surface area contributed by atoms with Gasteiger partial charge >= 0.3 is 5.97 Å². The minimum absolute atomic E-state index is 0.192. The van der Waals surface area contributed by atoms with Crippen LogP contribution < -0.4 is 9.47 Å². The van der Waals surface area contributed by atoms with Crippen LogP contribution in [-0.2, 0) is 0 Å². The average molecular weight is 336 g/mol. The van der Waals surface area contributed by atoms with E-state index in [9.17, 15) is 4.79 Å². The van der Waals surface area contributed by atoms with Crippen LogP contribution in [0.4, 0.5) is 0 Å². The quantitative estimate of drug-likeness (QED) is 0.767. The first-order chi connectivity index (χ1) is 12.1. The molecule has 0 radical (unpaired) electrons. The molecule has 0 fully saturated rings. The van der Waals surface area contributed by atoms with Gasteiger partial charge in [-0.05, 0) is 36.4 Å². The first-order valence-corrected chi connectivity index (χ1v) is 7.51. The van der Waals surface area contributed by atoms with Crippen LogP contribution in [0.3, 0.4) is 0 Å². The minimum Gasteiger partial charge on any atom is -0.493 e. The summed E-state index contributed by atoms with van der Waals surface area (Å²) in [7, 11) is 3.15. The number of hydrogen-bond acceptors (Lipinski definition) is 5. The number of benzene rings is 2. The number of ether oxygens (including phenoxy) is 2. The van der Waals surface area contributed by atoms with E-state index in [1.807, 2.05) is 12.1 Å². The zero-order chi connectivity index (χ0) is 17.8. The Bertz CT molecular complexity index is 925. The van der Waals surface area contributed by atoms with Gasteiger partial charge in [0.05, 0.1) is 25.5 Å². The molecule has 1 aromatic heterocycles. The van der Waals surface area contributed by atoms with Crippen LogP contribution in [0.2, 0.25) is 0 Å². The Morgan fingerprint density at radius 2 is 1.76 bits per heavy atom. The lowest BCUT2D eigenvalue weighted by Crippen LogP contribution is -1.98. The first kappa shape index (κ1) is 16.4. The largest absolute Gasteiger partial charge is 0.493 e. The zero-order valence-corrected chi connectivity index (χ0v) is 13.8. The normalized spacial score (nSPS) is 10.3. The molecule has 3 aromatic rings. The summed E-state index contributed by atoms with van der Waals surface area (Å²) in [6.45, 7) is 0. The van der Waals surface area contributed by atoms with Gasteiger partial charge in [-0.3, -0.25) is 0 Å². The van der Waals surface area contributed by atoms with Gasteiger partial charge in [0.2, 0.25) is 0 Å². The zero-order valence-electron chi connectivity index (χ0n) is 13.8. The van der Waals surface area contributed by atoms with Gasteiger partial charge in [-0.1, -0.05) is 12.1 Å². The Labute approximate surface area is 144 Å². The van der Waals surface area contributed by atoms with E-state index in [1.165, 1.54) is 6.07 Å². The Hall–Kier alpha value is -3.41. The van der Waals surface area contributed by atoms with E-state index in [0.717, 1.165) is 5.56 Å². The van der Waals surface area contributed by atoms with Crippen molar-refractivity contribution in [1.29, 1.82) is 0 Å². The number of aromatic nitrogens is 2. The predicted molar refractivity (Wildman–Crippen MR) is 93.0 cm³/mol. The average Bonchev–Trinajstić information content (AvgIpc) is 2.67. The standard InChI is InChI=1S/C19H16N2O4/c1-24-16-7-6-12(11-17(16)25-2)15-8-9-20-18(21-15)13-4-3-5-14(10-13)19(22)23/h3-11H,1-2H3,(H,22,23). The molecule has 25 heavy (non-hydrogen) atoms. The molecule has 126 valence electrons. The summed E-state index contributed by atoms with van der Waals surface area (Å²) in [5.41, 5.74) is 2.38. The molecule has 6 heteroatoms. The summed E-state index contributed by atoms with van der Waals surface area (Å²) in [6, 6.07) is 13.8. The van der Waals surface area contributed by atoms with Gasteiger partial charge in [-0.25, -0.2) is 14.8 Å². The molecule has 2 aromatic carbocycles. The van der Waals surface area contributed by atoms with Crippen LogP contribution in [0.5, 0.6) is 11.5 Å². The summed E-state index contributed by atoms with van der Waals surface area (Å²) < 4.78 is 10.6. The molecule has 0 aliphatic heterocycles. The van der Waals surface area contributed by atoms with Gasteiger partial charge in [0.25, 0.3) is 0 Å². The van der Waals surface area contributed by atoms with Crippen LogP contribution in [0.15, 0.2) is 54.7 Å². The van der Waals surface area contributed by atoms with Crippen molar-refractivity contribution in [1.82, 2.24) is 9.97 Å². The van der Waals surface area contributed by atoms with Gasteiger partial charge in [-0.15, -0.1) is 0 Å². The van der Waals surface area contributed by atoms with E-state index in [1.54, 1.807) is 50.7 Å². The number of aromatic carboxylic acids is 1. The van der Waals surface area contributed by atoms with Crippen molar-refractivity contribution in [3.8, 4) is 34.1 Å². The monoisotopic (exact) mass is 336 g/mol. The fourth-order valence-electron chi connectivity index (χ4n) is 2.45. The SMILES string of the molecule is COc1ccc(-c2ccnc(-c3cccc(C(=O)O)c3)n2)cc1OC. The molecule has 0 aliphatic rings. The highest BCUT2D eigenvalue weighted by Gasteiger charge is 2.10. The highest BCUT2D eigenvalue weighted by atomic mass is 16.5. The minimum atomic E-state index is -0.988. The van der Waals surface area contributed by atoms with Crippen molar-refractivity contribution in [2.45, 2.75) is 0 Å². The molecule has 0 unspecified atom stereocenters. The van der Waals surface area contributed by atoms with Crippen molar-refractivity contribution in [2.75, 3.05) is 14.2 Å². The van der Waals surface area contributed by atoms with Gasteiger partial charge in [0.15, 0.2) is 17.3 Å². The Kier molecular flexibility index (Phi) is 4.61. The first-order valence-electron chi connectivity index (χ1n) is 7.51. The molecule has 0 atom stereocenters. The Balaban J connectivity index is 2.02. The molecule has 0 bridgehead atoms. The van der Waals surface area contributed by atoms with Crippen LogP contribution in [-0.4, -0.2) is 35.3 Å². The van der Waals surface area contributed by atoms with E-state index in [2.05, 4.69) is 9.97 Å². The van der Waals surface area contributed by atoms with Crippen LogP contribution in [0, 0.1) is 0 Å². The van der Waals surface area contributed by atoms with Gasteiger partial charge in [0.1, 0.15) is 0 Å². The third-order valence-corrected chi connectivity index (χ3v) is 3.70. The number of methoxy groups -OCH3 is 2. The molecule has 0 saturated heterocycles. The predicted octanol–water partition coefficient (Wildman–Crippen LogP) is 3.53. The van der Waals surface area contributed by atoms with E-state index in [-0.39, 0.29) is 5.56 Å². The number of carboxylic acids is 1. The third-order valence-electron chi connectivity index (χ3n) is 3.70. The van der Waals surface area contributed by atoms with Crippen LogP contribution in [0.1, 0.15) is 10.4 Å². The Morgan fingerprint density at radius 1 is 0.960 bits per heavy atom. The highest BCUT2D eigenvalue weighted by Crippen LogP contribution is 2.32. The van der Waals surface area contributed by atoms with Crippen molar-refractivity contribution in [3.63, 3.8) is 0 Å². The highest BCUT2D eigenvalue weighted by molar-refractivity contribution is 5.89. The molecule has 1 heterocycles. The lowest BCUT2D eigenvalue weighted by Gasteiger charge is -2.10. The topological polar surface area (TPSA) is 81.5 Å². The maximum atomic E-state index is 11.1. The van der Waals surface area contributed by atoms with E-state index in [0.29, 0.717) is 28.6 Å². The van der Waals surface area contributed by atoms with E-state index >= 15 is 0 Å². The van der Waals surface area contributed by atoms with Gasteiger partial charge in [-0.2, -0.15) is 0 Å². The maximum absolute atomic E-state index is 11.1. The Morgan fingerprint density at radius 3 is 2.48 bits per heavy atom. The lowest BCUT2D eigenvalue weighted by atomic mass is 10.1. The number of carbonyl (C=O) groups is 1. The van der Waals surface area contributed by atoms with Crippen molar-refractivity contribution >= 4 is 5.97 Å². The molecular weight excluding hydrogens is 320 g/mol. The fraction of sp³-hybridized carbons (Fsp3) is 0.105. The van der Waals surface area contributed by atoms with Crippen molar-refractivity contribution < 1.29 is 19.4 Å². The second-order valence-corrected chi connectivity index (χ2v) is 5.22. The second kappa shape index (κ2) is 7.00. The van der Waals surface area contributed by atoms with Crippen LogP contribution >= 0.6 is 0 Å². The number of rotatable bonds is 5. The number of nitrogens with zero attached hydrogens (tertiary/aromatic N) is 2. The summed E-state index contributed by atoms with van der Waals surface area (Å²) in [5.74, 6) is 0.705. The fourth-order valence-corrected chi connectivity index (χ4v) is 2.45. The maximum Gasteiger partial charge on any atom is 0.335 e. The van der Waals surface area contributed by atoms with Crippen molar-refractivity contribution in [2.24, 2.45) is 0 Å². The summed E-state index contributed by atoms with van der Waals surface area (Å²) in [6.07, 6.45) is 1.64. The molecular formula is C19H16N2O4. The third kappa shape index (κ3) is 3.42. The molecule has 0 spiro atoms. The second-order valence-electron chi connectivity index (χ2n) is 5.22. The summed E-state index contributed by atoms with van der Waals surface area (Å²) in [4.78, 5) is 19.9. The van der Waals surface area contributed by atoms with Crippen LogP contribution in [0.25, 0.3) is 22.6 Å².